The van der Waals surface area contributed by atoms with Gasteiger partial charge < -0.3 is 10.8 Å². The Kier molecular flexibility index (Phi) is 2.97. The van der Waals surface area contributed by atoms with E-state index in [2.05, 4.69) is 11.8 Å². The highest BCUT2D eigenvalue weighted by atomic mass is 16.4. The van der Waals surface area contributed by atoms with Gasteiger partial charge in [-0.3, -0.25) is 4.79 Å². The van der Waals surface area contributed by atoms with Crippen molar-refractivity contribution >= 4 is 22.4 Å². The van der Waals surface area contributed by atoms with Crippen LogP contribution < -0.4 is 5.73 Å². The normalized spacial score (nSPS) is 9.65. The molecule has 0 amide bonds. The van der Waals surface area contributed by atoms with E-state index in [1.54, 1.807) is 6.07 Å². The van der Waals surface area contributed by atoms with Crippen LogP contribution in [-0.4, -0.2) is 11.1 Å². The van der Waals surface area contributed by atoms with Crippen LogP contribution in [0.1, 0.15) is 12.0 Å². The van der Waals surface area contributed by atoms with Gasteiger partial charge in [-0.2, -0.15) is 0 Å². The number of hydrogen-bond donors (Lipinski definition) is 2. The first-order valence-electron chi connectivity index (χ1n) is 5.16. The summed E-state index contributed by atoms with van der Waals surface area (Å²) in [6, 6.07) is 11.3. The van der Waals surface area contributed by atoms with Crippen molar-refractivity contribution in [2.24, 2.45) is 0 Å². The SMILES string of the molecule is Nc1ccc(C#CCC(=O)O)c2ccccc12. The molecule has 0 unspecified atom stereocenters. The molecule has 2 rings (SSSR count). The Morgan fingerprint density at radius 3 is 2.59 bits per heavy atom. The summed E-state index contributed by atoms with van der Waals surface area (Å²) in [6.45, 7) is 0. The summed E-state index contributed by atoms with van der Waals surface area (Å²) in [4.78, 5) is 10.4. The molecule has 0 spiro atoms. The van der Waals surface area contributed by atoms with E-state index in [4.69, 9.17) is 10.8 Å². The van der Waals surface area contributed by atoms with Gasteiger partial charge in [0.1, 0.15) is 6.42 Å². The van der Waals surface area contributed by atoms with Crippen LogP contribution in [0, 0.1) is 11.8 Å². The van der Waals surface area contributed by atoms with Crippen molar-refractivity contribution in [3.63, 3.8) is 0 Å². The van der Waals surface area contributed by atoms with Gasteiger partial charge in [0.25, 0.3) is 0 Å². The third-order valence-corrected chi connectivity index (χ3v) is 2.42. The summed E-state index contributed by atoms with van der Waals surface area (Å²) in [5.74, 6) is 4.56. The summed E-state index contributed by atoms with van der Waals surface area (Å²) in [5.41, 5.74) is 7.36. The van der Waals surface area contributed by atoms with Gasteiger partial charge in [0, 0.05) is 16.6 Å². The van der Waals surface area contributed by atoms with E-state index >= 15 is 0 Å². The minimum absolute atomic E-state index is 0.154. The third-order valence-electron chi connectivity index (χ3n) is 2.42. The average molecular weight is 225 g/mol. The minimum Gasteiger partial charge on any atom is -0.481 e. The number of benzene rings is 2. The molecule has 0 saturated carbocycles. The molecule has 3 N–H and O–H groups in total. The van der Waals surface area contributed by atoms with Crippen molar-refractivity contribution in [1.29, 1.82) is 0 Å². The highest BCUT2D eigenvalue weighted by Crippen LogP contribution is 2.23. The van der Waals surface area contributed by atoms with E-state index in [-0.39, 0.29) is 6.42 Å². The smallest absolute Gasteiger partial charge is 0.315 e. The molecule has 0 aromatic heterocycles. The molecule has 2 aromatic rings. The minimum atomic E-state index is -0.919. The maximum atomic E-state index is 10.4. The molecule has 0 aliphatic carbocycles. The molecule has 0 bridgehead atoms. The monoisotopic (exact) mass is 225 g/mol. The van der Waals surface area contributed by atoms with Crippen molar-refractivity contribution in [1.82, 2.24) is 0 Å². The van der Waals surface area contributed by atoms with E-state index < -0.39 is 5.97 Å². The first-order valence-corrected chi connectivity index (χ1v) is 5.16. The number of carboxylic acid groups (broad SMARTS) is 1. The van der Waals surface area contributed by atoms with E-state index in [0.29, 0.717) is 5.69 Å². The Morgan fingerprint density at radius 1 is 1.18 bits per heavy atom. The number of fused-ring (bicyclic) bond motifs is 1. The predicted molar refractivity (Wildman–Crippen MR) is 67.5 cm³/mol. The zero-order valence-corrected chi connectivity index (χ0v) is 9.10. The Labute approximate surface area is 98.9 Å². The van der Waals surface area contributed by atoms with Gasteiger partial charge in [0.15, 0.2) is 0 Å². The van der Waals surface area contributed by atoms with Crippen molar-refractivity contribution < 1.29 is 9.90 Å². The van der Waals surface area contributed by atoms with Crippen molar-refractivity contribution in [3.8, 4) is 11.8 Å². The Hall–Kier alpha value is -2.47. The largest absolute Gasteiger partial charge is 0.481 e. The molecule has 0 radical (unpaired) electrons. The molecular weight excluding hydrogens is 214 g/mol. The fourth-order valence-electron chi connectivity index (χ4n) is 1.65. The molecule has 0 fully saturated rings. The predicted octanol–water partition coefficient (Wildman–Crippen LogP) is 2.25. The lowest BCUT2D eigenvalue weighted by molar-refractivity contribution is -0.135. The summed E-state index contributed by atoms with van der Waals surface area (Å²) in [7, 11) is 0. The summed E-state index contributed by atoms with van der Waals surface area (Å²) in [5, 5.41) is 10.4. The van der Waals surface area contributed by atoms with Crippen LogP contribution in [0.5, 0.6) is 0 Å². The van der Waals surface area contributed by atoms with Crippen LogP contribution in [0.15, 0.2) is 36.4 Å². The molecule has 0 aliphatic rings. The van der Waals surface area contributed by atoms with Gasteiger partial charge in [-0.25, -0.2) is 0 Å². The standard InChI is InChI=1S/C14H11NO2/c15-13-9-8-10(4-3-7-14(16)17)11-5-1-2-6-12(11)13/h1-2,5-6,8-9H,7,15H2,(H,16,17). The summed E-state index contributed by atoms with van der Waals surface area (Å²) in [6.07, 6.45) is -0.154. The number of carbonyl (C=O) groups is 1. The number of carboxylic acids is 1. The maximum absolute atomic E-state index is 10.4. The number of aliphatic carboxylic acids is 1. The summed E-state index contributed by atoms with van der Waals surface area (Å²) >= 11 is 0. The first kappa shape index (κ1) is 11.0. The van der Waals surface area contributed by atoms with E-state index in [1.807, 2.05) is 30.3 Å². The molecule has 0 aliphatic heterocycles. The number of anilines is 1. The van der Waals surface area contributed by atoms with Gasteiger partial charge in [-0.15, -0.1) is 0 Å². The lowest BCUT2D eigenvalue weighted by Gasteiger charge is -2.03. The number of nitrogens with two attached hydrogens (primary N) is 1. The highest BCUT2D eigenvalue weighted by Gasteiger charge is 2.00. The molecule has 17 heavy (non-hydrogen) atoms. The first-order chi connectivity index (χ1) is 8.18. The molecule has 0 heterocycles. The molecule has 3 nitrogen and oxygen atoms in total. The molecule has 2 aromatic carbocycles. The topological polar surface area (TPSA) is 63.3 Å². The fourth-order valence-corrected chi connectivity index (χ4v) is 1.65. The summed E-state index contributed by atoms with van der Waals surface area (Å²) < 4.78 is 0. The number of rotatable bonds is 1. The molecule has 3 heteroatoms. The Balaban J connectivity index is 2.51. The second-order valence-corrected chi connectivity index (χ2v) is 3.62. The lowest BCUT2D eigenvalue weighted by Crippen LogP contribution is -1.91. The second-order valence-electron chi connectivity index (χ2n) is 3.62. The zero-order chi connectivity index (χ0) is 12.3. The average Bonchev–Trinajstić information content (AvgIpc) is 2.32. The quantitative estimate of drug-likeness (QED) is 0.578. The van der Waals surface area contributed by atoms with Crippen LogP contribution in [-0.2, 0) is 4.79 Å². The van der Waals surface area contributed by atoms with Gasteiger partial charge in [0.05, 0.1) is 0 Å². The van der Waals surface area contributed by atoms with Crippen molar-refractivity contribution in [2.45, 2.75) is 6.42 Å². The van der Waals surface area contributed by atoms with Crippen LogP contribution in [0.2, 0.25) is 0 Å². The second kappa shape index (κ2) is 4.58. The third kappa shape index (κ3) is 2.37. The molecule has 0 atom stereocenters. The highest BCUT2D eigenvalue weighted by molar-refractivity contribution is 5.96. The van der Waals surface area contributed by atoms with Gasteiger partial charge in [0.2, 0.25) is 0 Å². The van der Waals surface area contributed by atoms with E-state index in [0.717, 1.165) is 16.3 Å². The van der Waals surface area contributed by atoms with Gasteiger partial charge in [-0.1, -0.05) is 36.1 Å². The Bertz CT molecular complexity index is 635. The molecule has 84 valence electrons. The van der Waals surface area contributed by atoms with Gasteiger partial charge in [-0.05, 0) is 17.5 Å². The van der Waals surface area contributed by atoms with Crippen LogP contribution in [0.4, 0.5) is 5.69 Å². The fraction of sp³-hybridized carbons (Fsp3) is 0.0714. The number of hydrogen-bond acceptors (Lipinski definition) is 2. The lowest BCUT2D eigenvalue weighted by atomic mass is 10.0. The molecule has 0 saturated heterocycles. The van der Waals surface area contributed by atoms with Crippen LogP contribution in [0.3, 0.4) is 0 Å². The zero-order valence-electron chi connectivity index (χ0n) is 9.10. The molecular formula is C14H11NO2. The van der Waals surface area contributed by atoms with Crippen molar-refractivity contribution in [3.05, 3.63) is 42.0 Å². The van der Waals surface area contributed by atoms with E-state index in [9.17, 15) is 4.79 Å². The van der Waals surface area contributed by atoms with Crippen LogP contribution in [0.25, 0.3) is 10.8 Å². The maximum Gasteiger partial charge on any atom is 0.315 e. The van der Waals surface area contributed by atoms with Crippen molar-refractivity contribution in [2.75, 3.05) is 5.73 Å². The van der Waals surface area contributed by atoms with Crippen LogP contribution >= 0.6 is 0 Å². The Morgan fingerprint density at radius 2 is 1.88 bits per heavy atom. The number of nitrogen functional groups attached to an aromatic ring is 1. The van der Waals surface area contributed by atoms with Gasteiger partial charge >= 0.3 is 5.97 Å². The van der Waals surface area contributed by atoms with E-state index in [1.165, 1.54) is 0 Å².